The number of nitrogen functional groups attached to an aromatic ring is 1. The van der Waals surface area contributed by atoms with Gasteiger partial charge in [0.25, 0.3) is 0 Å². The molecule has 0 atom stereocenters. The molecule has 5 nitrogen and oxygen atoms in total. The zero-order valence-corrected chi connectivity index (χ0v) is 12.4. The Bertz CT molecular complexity index is 760. The third-order valence-corrected chi connectivity index (χ3v) is 3.90. The fourth-order valence-corrected chi connectivity index (χ4v) is 2.81. The van der Waals surface area contributed by atoms with Crippen LogP contribution in [0.4, 0.5) is 5.69 Å². The number of aromatic nitrogens is 3. The molecule has 0 saturated heterocycles. The molecule has 0 aliphatic heterocycles. The molecule has 3 rings (SSSR count). The lowest BCUT2D eigenvalue weighted by molar-refractivity contribution is 0.480. The number of rotatable bonds is 3. The van der Waals surface area contributed by atoms with E-state index >= 15 is 0 Å². The van der Waals surface area contributed by atoms with Crippen molar-refractivity contribution < 1.29 is 4.74 Å². The standard InChI is InChI=1S/C14H16N4OS/c1-8(2)18-7-10(6-16-18)19-13-5-12-14(4-11(13)15)20-9(3)17-12/h4-8H,15H2,1-3H3. The first-order valence-electron chi connectivity index (χ1n) is 6.41. The highest BCUT2D eigenvalue weighted by atomic mass is 32.1. The zero-order chi connectivity index (χ0) is 14.3. The van der Waals surface area contributed by atoms with Gasteiger partial charge in [0.15, 0.2) is 11.5 Å². The summed E-state index contributed by atoms with van der Waals surface area (Å²) < 4.78 is 8.73. The summed E-state index contributed by atoms with van der Waals surface area (Å²) >= 11 is 1.63. The molecule has 0 aliphatic carbocycles. The predicted molar refractivity (Wildman–Crippen MR) is 81.5 cm³/mol. The normalized spacial score (nSPS) is 11.4. The van der Waals surface area contributed by atoms with Crippen molar-refractivity contribution >= 4 is 27.2 Å². The first-order chi connectivity index (χ1) is 9.52. The smallest absolute Gasteiger partial charge is 0.165 e. The average molecular weight is 288 g/mol. The van der Waals surface area contributed by atoms with Gasteiger partial charge in [0.05, 0.1) is 33.3 Å². The molecule has 0 amide bonds. The lowest BCUT2D eigenvalue weighted by Gasteiger charge is -2.06. The monoisotopic (exact) mass is 288 g/mol. The fourth-order valence-electron chi connectivity index (χ4n) is 1.96. The summed E-state index contributed by atoms with van der Waals surface area (Å²) in [7, 11) is 0. The summed E-state index contributed by atoms with van der Waals surface area (Å²) in [5.41, 5.74) is 7.56. The lowest BCUT2D eigenvalue weighted by atomic mass is 10.3. The Morgan fingerprint density at radius 2 is 2.15 bits per heavy atom. The van der Waals surface area contributed by atoms with Gasteiger partial charge < -0.3 is 10.5 Å². The summed E-state index contributed by atoms with van der Waals surface area (Å²) in [6, 6.07) is 4.08. The molecule has 0 saturated carbocycles. The van der Waals surface area contributed by atoms with E-state index in [1.54, 1.807) is 17.5 Å². The van der Waals surface area contributed by atoms with E-state index < -0.39 is 0 Å². The molecule has 3 aromatic rings. The molecule has 0 fully saturated rings. The van der Waals surface area contributed by atoms with Crippen LogP contribution < -0.4 is 10.5 Å². The molecule has 2 aromatic heterocycles. The maximum absolute atomic E-state index is 6.04. The summed E-state index contributed by atoms with van der Waals surface area (Å²) in [6.45, 7) is 6.11. The molecule has 0 radical (unpaired) electrons. The molecule has 0 aliphatic rings. The molecule has 2 N–H and O–H groups in total. The number of hydrogen-bond donors (Lipinski definition) is 1. The largest absolute Gasteiger partial charge is 0.452 e. The van der Waals surface area contributed by atoms with Crippen molar-refractivity contribution in [2.75, 3.05) is 5.73 Å². The molecular formula is C14H16N4OS. The number of thiazole rings is 1. The van der Waals surface area contributed by atoms with Crippen LogP contribution in [0, 0.1) is 6.92 Å². The van der Waals surface area contributed by atoms with E-state index in [0.717, 1.165) is 15.2 Å². The highest BCUT2D eigenvalue weighted by Gasteiger charge is 2.10. The Hall–Kier alpha value is -2.08. The van der Waals surface area contributed by atoms with Gasteiger partial charge >= 0.3 is 0 Å². The molecule has 20 heavy (non-hydrogen) atoms. The number of benzene rings is 1. The van der Waals surface area contributed by atoms with Gasteiger partial charge in [-0.15, -0.1) is 11.3 Å². The van der Waals surface area contributed by atoms with E-state index in [-0.39, 0.29) is 0 Å². The number of anilines is 1. The van der Waals surface area contributed by atoms with Crippen LogP contribution in [-0.4, -0.2) is 14.8 Å². The van der Waals surface area contributed by atoms with E-state index in [9.17, 15) is 0 Å². The SMILES string of the molecule is Cc1nc2cc(Oc3cnn(C(C)C)c3)c(N)cc2s1. The third kappa shape index (κ3) is 2.34. The van der Waals surface area contributed by atoms with Crippen LogP contribution in [0.3, 0.4) is 0 Å². The molecule has 104 valence electrons. The van der Waals surface area contributed by atoms with Gasteiger partial charge in [-0.25, -0.2) is 4.98 Å². The van der Waals surface area contributed by atoms with Crippen molar-refractivity contribution in [3.63, 3.8) is 0 Å². The van der Waals surface area contributed by atoms with Crippen LogP contribution in [-0.2, 0) is 0 Å². The van der Waals surface area contributed by atoms with Crippen molar-refractivity contribution in [3.05, 3.63) is 29.5 Å². The number of hydrogen-bond acceptors (Lipinski definition) is 5. The van der Waals surface area contributed by atoms with Crippen LogP contribution in [0.5, 0.6) is 11.5 Å². The maximum Gasteiger partial charge on any atom is 0.165 e. The van der Waals surface area contributed by atoms with E-state index in [1.165, 1.54) is 0 Å². The van der Waals surface area contributed by atoms with Gasteiger partial charge in [-0.1, -0.05) is 0 Å². The second-order valence-electron chi connectivity index (χ2n) is 4.94. The molecule has 1 aromatic carbocycles. The van der Waals surface area contributed by atoms with Crippen LogP contribution in [0.15, 0.2) is 24.5 Å². The topological polar surface area (TPSA) is 66.0 Å². The Balaban J connectivity index is 1.94. The van der Waals surface area contributed by atoms with Gasteiger partial charge in [-0.05, 0) is 26.8 Å². The van der Waals surface area contributed by atoms with Gasteiger partial charge in [0, 0.05) is 12.1 Å². The van der Waals surface area contributed by atoms with Crippen LogP contribution >= 0.6 is 11.3 Å². The van der Waals surface area contributed by atoms with Gasteiger partial charge in [0.2, 0.25) is 0 Å². The molecular weight excluding hydrogens is 272 g/mol. The Morgan fingerprint density at radius 3 is 2.85 bits per heavy atom. The number of nitrogens with two attached hydrogens (primary N) is 1. The summed E-state index contributed by atoms with van der Waals surface area (Å²) in [4.78, 5) is 4.45. The van der Waals surface area contributed by atoms with Crippen LogP contribution in [0.1, 0.15) is 24.9 Å². The van der Waals surface area contributed by atoms with Gasteiger partial charge in [0.1, 0.15) is 0 Å². The summed E-state index contributed by atoms with van der Waals surface area (Å²) in [5, 5.41) is 5.26. The highest BCUT2D eigenvalue weighted by molar-refractivity contribution is 7.18. The quantitative estimate of drug-likeness (QED) is 0.745. The second-order valence-corrected chi connectivity index (χ2v) is 6.18. The maximum atomic E-state index is 6.04. The first-order valence-corrected chi connectivity index (χ1v) is 7.23. The minimum Gasteiger partial charge on any atom is -0.452 e. The second kappa shape index (κ2) is 4.79. The number of aryl methyl sites for hydroxylation is 1. The first kappa shape index (κ1) is 12.9. The number of ether oxygens (including phenoxy) is 1. The van der Waals surface area contributed by atoms with Crippen LogP contribution in [0.2, 0.25) is 0 Å². The average Bonchev–Trinajstić information content (AvgIpc) is 2.95. The van der Waals surface area contributed by atoms with Crippen LogP contribution in [0.25, 0.3) is 10.2 Å². The number of fused-ring (bicyclic) bond motifs is 1. The minimum atomic E-state index is 0.299. The predicted octanol–water partition coefficient (Wildman–Crippen LogP) is 3.76. The van der Waals surface area contributed by atoms with Gasteiger partial charge in [-0.2, -0.15) is 5.10 Å². The third-order valence-electron chi connectivity index (χ3n) is 2.96. The molecule has 0 bridgehead atoms. The minimum absolute atomic E-state index is 0.299. The van der Waals surface area contributed by atoms with E-state index in [0.29, 0.717) is 23.2 Å². The summed E-state index contributed by atoms with van der Waals surface area (Å²) in [5.74, 6) is 1.29. The molecule has 6 heteroatoms. The molecule has 0 spiro atoms. The zero-order valence-electron chi connectivity index (χ0n) is 11.6. The van der Waals surface area contributed by atoms with E-state index in [2.05, 4.69) is 23.9 Å². The Kier molecular flexibility index (Phi) is 3.10. The highest BCUT2D eigenvalue weighted by Crippen LogP contribution is 2.34. The van der Waals surface area contributed by atoms with Crippen molar-refractivity contribution in [2.24, 2.45) is 0 Å². The van der Waals surface area contributed by atoms with Crippen molar-refractivity contribution in [3.8, 4) is 11.5 Å². The van der Waals surface area contributed by atoms with E-state index in [4.69, 9.17) is 10.5 Å². The number of nitrogens with zero attached hydrogens (tertiary/aromatic N) is 3. The summed E-state index contributed by atoms with van der Waals surface area (Å²) in [6.07, 6.45) is 3.55. The lowest BCUT2D eigenvalue weighted by Crippen LogP contribution is -1.99. The van der Waals surface area contributed by atoms with Crippen molar-refractivity contribution in [1.29, 1.82) is 0 Å². The van der Waals surface area contributed by atoms with Gasteiger partial charge in [-0.3, -0.25) is 4.68 Å². The van der Waals surface area contributed by atoms with Crippen molar-refractivity contribution in [2.45, 2.75) is 26.8 Å². The Labute approximate surface area is 121 Å². The van der Waals surface area contributed by atoms with Crippen molar-refractivity contribution in [1.82, 2.24) is 14.8 Å². The Morgan fingerprint density at radius 1 is 1.35 bits per heavy atom. The fraction of sp³-hybridized carbons (Fsp3) is 0.286. The molecule has 2 heterocycles. The molecule has 0 unspecified atom stereocenters. The van der Waals surface area contributed by atoms with E-state index in [1.807, 2.05) is 29.9 Å².